The number of aliphatic hydroxyl groups excluding tert-OH is 4. The normalized spacial score (nSPS) is 31.7. The van der Waals surface area contributed by atoms with Crippen molar-refractivity contribution in [3.63, 3.8) is 0 Å². The number of hydrogen-bond acceptors (Lipinski definition) is 14. The number of nitrogens with one attached hydrogen (secondary N) is 1. The van der Waals surface area contributed by atoms with Gasteiger partial charge in [-0.3, -0.25) is 10.2 Å². The fourth-order valence-electron chi connectivity index (χ4n) is 6.92. The Morgan fingerprint density at radius 2 is 1.47 bits per heavy atom. The molecule has 0 aliphatic carbocycles. The van der Waals surface area contributed by atoms with Crippen molar-refractivity contribution in [3.05, 3.63) is 61.9 Å². The van der Waals surface area contributed by atoms with Gasteiger partial charge >= 0.3 is 5.63 Å². The van der Waals surface area contributed by atoms with Gasteiger partial charge in [0, 0.05) is 28.7 Å². The summed E-state index contributed by atoms with van der Waals surface area (Å²) in [5.41, 5.74) is -0.915. The van der Waals surface area contributed by atoms with Gasteiger partial charge in [0.1, 0.15) is 47.4 Å². The van der Waals surface area contributed by atoms with Crippen molar-refractivity contribution >= 4 is 43.3 Å². The van der Waals surface area contributed by atoms with E-state index in [9.17, 15) is 35.1 Å². The fourth-order valence-corrected chi connectivity index (χ4v) is 6.92. The topological polar surface area (TPSA) is 218 Å². The molecule has 1 aromatic heterocycles. The highest BCUT2D eigenvalue weighted by atomic mass is 16.8. The van der Waals surface area contributed by atoms with Gasteiger partial charge in [0.05, 0.1) is 28.4 Å². The Morgan fingerprint density at radius 1 is 0.766 bits per heavy atom. The molecule has 248 valence electrons. The first kappa shape index (κ1) is 31.6. The first-order valence-corrected chi connectivity index (χ1v) is 15.0. The molecule has 0 spiro atoms. The maximum Gasteiger partial charge on any atom is 0.344 e. The Morgan fingerprint density at radius 3 is 2.19 bits per heavy atom. The zero-order chi connectivity index (χ0) is 33.6. The van der Waals surface area contributed by atoms with E-state index in [-0.39, 0.29) is 49.0 Å². The van der Waals surface area contributed by atoms with Crippen LogP contribution in [0, 0.1) is 12.3 Å². The summed E-state index contributed by atoms with van der Waals surface area (Å²) in [5, 5.41) is 63.7. The van der Waals surface area contributed by atoms with Gasteiger partial charge in [0.25, 0.3) is 0 Å². The van der Waals surface area contributed by atoms with E-state index >= 15 is 0 Å². The van der Waals surface area contributed by atoms with Crippen LogP contribution in [0.2, 0.25) is 0 Å². The molecular formula is C33H33NO13. The Bertz CT molecular complexity index is 2190. The summed E-state index contributed by atoms with van der Waals surface area (Å²) < 4.78 is 35.0. The molecular weight excluding hydrogens is 618 g/mol. The predicted molar refractivity (Wildman–Crippen MR) is 165 cm³/mol. The Balaban J connectivity index is 1.40. The van der Waals surface area contributed by atoms with Crippen LogP contribution in [-0.2, 0) is 18.9 Å². The molecule has 0 radical (unpaired) electrons. The second kappa shape index (κ2) is 11.3. The van der Waals surface area contributed by atoms with Crippen LogP contribution in [0.3, 0.4) is 0 Å². The number of aryl methyl sites for hydroxylation is 1. The molecule has 3 heterocycles. The molecule has 7 rings (SSSR count). The molecule has 0 bridgehead atoms. The molecule has 2 aliphatic heterocycles. The van der Waals surface area contributed by atoms with Crippen LogP contribution in [0.4, 0.5) is 0 Å². The van der Waals surface area contributed by atoms with Gasteiger partial charge in [-0.15, -0.1) is 0 Å². The fraction of sp³-hybridized carbons (Fsp3) is 0.424. The van der Waals surface area contributed by atoms with E-state index in [0.717, 1.165) is 0 Å². The number of aliphatic hydroxyl groups is 4. The van der Waals surface area contributed by atoms with Crippen LogP contribution < -0.4 is 21.1 Å². The van der Waals surface area contributed by atoms with Crippen molar-refractivity contribution in [2.45, 2.75) is 82.2 Å². The lowest BCUT2D eigenvalue weighted by atomic mass is 9.92. The summed E-state index contributed by atoms with van der Waals surface area (Å²) in [6.07, 6.45) is -13.1. The lowest BCUT2D eigenvalue weighted by molar-refractivity contribution is -0.353. The lowest BCUT2D eigenvalue weighted by Crippen LogP contribution is -2.64. The summed E-state index contributed by atoms with van der Waals surface area (Å²) in [5.74, 6) is -0.411. The van der Waals surface area contributed by atoms with Crippen molar-refractivity contribution in [1.82, 2.24) is 0 Å². The number of hydrogen-bond donors (Lipinski definition) is 6. The van der Waals surface area contributed by atoms with Gasteiger partial charge in [0.2, 0.25) is 11.7 Å². The molecule has 4 aromatic carbocycles. The standard InChI is InChI=1S/C33H33NO13/c1-10-8-9-14-18-16(10)31(41)46-29-17-13(23(36)20(19(18)29)21(34)24(14)37)6-5-7-15(17)45-33-30(25(38)22(35)11(2)43-33)47-32-27(40)26(39)28(42-4)12(3)44-32/h5-9,11-12,22,25-28,30,32-36,38-40H,1-4H3/t11-,12-,22+,25+,26-,27-,28+,30-,32-,33+/m1/s1. The average Bonchev–Trinajstić information content (AvgIpc) is 3.04. The number of phenols is 1. The van der Waals surface area contributed by atoms with Gasteiger partial charge in [0.15, 0.2) is 18.0 Å². The predicted octanol–water partition coefficient (Wildman–Crippen LogP) is 0.694. The largest absolute Gasteiger partial charge is 0.507 e. The molecule has 2 aliphatic rings. The van der Waals surface area contributed by atoms with Crippen LogP contribution in [0.1, 0.15) is 19.4 Å². The lowest BCUT2D eigenvalue weighted by Gasteiger charge is -2.45. The highest BCUT2D eigenvalue weighted by molar-refractivity contribution is 6.29. The number of benzene rings is 4. The summed E-state index contributed by atoms with van der Waals surface area (Å²) in [6.45, 7) is 4.79. The van der Waals surface area contributed by atoms with Crippen molar-refractivity contribution in [2.75, 3.05) is 7.11 Å². The number of ether oxygens (including phenoxy) is 5. The SMILES string of the molecule is CO[C@@H]1[C@H](O)[C@@H](O)[C@@H](O[C@H]2[C@H](Oc3cccc4c(O)c5c(=N)c(=O)c6ccc(C)c7c(=O)oc(c34)c5c67)O[C@H](C)[C@H](O)[C@@H]2O)O[C@@H]1C. The zero-order valence-corrected chi connectivity index (χ0v) is 25.7. The van der Waals surface area contributed by atoms with Gasteiger partial charge in [-0.1, -0.05) is 24.3 Å². The van der Waals surface area contributed by atoms with E-state index in [0.29, 0.717) is 5.56 Å². The monoisotopic (exact) mass is 651 g/mol. The maximum absolute atomic E-state index is 13.4. The molecule has 2 saturated heterocycles. The summed E-state index contributed by atoms with van der Waals surface area (Å²) in [4.78, 5) is 26.7. The highest BCUT2D eigenvalue weighted by Crippen LogP contribution is 2.45. The molecule has 14 nitrogen and oxygen atoms in total. The van der Waals surface area contributed by atoms with Gasteiger partial charge in [-0.05, 0) is 32.4 Å². The smallest absolute Gasteiger partial charge is 0.344 e. The van der Waals surface area contributed by atoms with Gasteiger partial charge in [-0.2, -0.15) is 0 Å². The first-order valence-electron chi connectivity index (χ1n) is 15.0. The summed E-state index contributed by atoms with van der Waals surface area (Å²) in [6, 6.07) is 7.63. The third-order valence-electron chi connectivity index (χ3n) is 9.37. The number of fused-ring (bicyclic) bond motifs is 2. The van der Waals surface area contributed by atoms with E-state index < -0.39 is 83.6 Å². The molecule has 47 heavy (non-hydrogen) atoms. The summed E-state index contributed by atoms with van der Waals surface area (Å²) in [7, 11) is 1.35. The molecule has 14 heteroatoms. The number of aromatic hydroxyl groups is 1. The van der Waals surface area contributed by atoms with Gasteiger partial charge < -0.3 is 53.6 Å². The average molecular weight is 652 g/mol. The minimum absolute atomic E-state index is 0.00293. The van der Waals surface area contributed by atoms with E-state index in [1.54, 1.807) is 19.9 Å². The van der Waals surface area contributed by atoms with Crippen LogP contribution in [0.15, 0.2) is 44.3 Å². The van der Waals surface area contributed by atoms with E-state index in [2.05, 4.69) is 0 Å². The quantitative estimate of drug-likeness (QED) is 0.0877. The first-order chi connectivity index (χ1) is 22.3. The van der Waals surface area contributed by atoms with Crippen LogP contribution >= 0.6 is 0 Å². The van der Waals surface area contributed by atoms with Crippen molar-refractivity contribution in [2.24, 2.45) is 0 Å². The van der Waals surface area contributed by atoms with Crippen LogP contribution in [0.5, 0.6) is 11.5 Å². The zero-order valence-electron chi connectivity index (χ0n) is 25.7. The van der Waals surface area contributed by atoms with Gasteiger partial charge in [-0.25, -0.2) is 4.79 Å². The van der Waals surface area contributed by atoms with E-state index in [1.165, 1.54) is 38.3 Å². The maximum atomic E-state index is 13.4. The minimum atomic E-state index is -1.62. The third kappa shape index (κ3) is 4.59. The van der Waals surface area contributed by atoms with Crippen LogP contribution in [-0.4, -0.2) is 94.1 Å². The summed E-state index contributed by atoms with van der Waals surface area (Å²) >= 11 is 0. The van der Waals surface area contributed by atoms with E-state index in [1.807, 2.05) is 0 Å². The molecule has 6 N–H and O–H groups in total. The molecule has 0 unspecified atom stereocenters. The molecule has 0 saturated carbocycles. The van der Waals surface area contributed by atoms with Crippen molar-refractivity contribution in [3.8, 4) is 11.5 Å². The second-order valence-corrected chi connectivity index (χ2v) is 12.2. The molecule has 5 aromatic rings. The Hall–Kier alpha value is -3.99. The molecule has 0 amide bonds. The van der Waals surface area contributed by atoms with Crippen LogP contribution in [0.25, 0.3) is 43.3 Å². The van der Waals surface area contributed by atoms with E-state index in [4.69, 9.17) is 33.5 Å². The number of rotatable bonds is 5. The Kier molecular flexibility index (Phi) is 7.61. The van der Waals surface area contributed by atoms with Crippen molar-refractivity contribution < 1.29 is 53.6 Å². The molecule has 10 atom stereocenters. The second-order valence-electron chi connectivity index (χ2n) is 12.2. The minimum Gasteiger partial charge on any atom is -0.507 e. The highest BCUT2D eigenvalue weighted by Gasteiger charge is 2.50. The third-order valence-corrected chi connectivity index (χ3v) is 9.37. The molecule has 2 fully saturated rings. The Labute approximate surface area is 265 Å². The number of methoxy groups -OCH3 is 1. The number of phenolic OH excluding ortho intramolecular Hbond substituents is 1. The van der Waals surface area contributed by atoms with Crippen molar-refractivity contribution in [1.29, 1.82) is 5.41 Å².